The molecule has 0 unspecified atom stereocenters. The van der Waals surface area contributed by atoms with Crippen molar-refractivity contribution in [2.45, 2.75) is 25.8 Å². The summed E-state index contributed by atoms with van der Waals surface area (Å²) < 4.78 is 6.59. The lowest BCUT2D eigenvalue weighted by molar-refractivity contribution is -0.116. The first-order valence-corrected chi connectivity index (χ1v) is 10.6. The number of thiazole rings is 1. The van der Waals surface area contributed by atoms with Gasteiger partial charge < -0.3 is 10.1 Å². The zero-order valence-corrected chi connectivity index (χ0v) is 16.7. The summed E-state index contributed by atoms with van der Waals surface area (Å²) in [6.07, 6.45) is 2.15. The van der Waals surface area contributed by atoms with Crippen LogP contribution in [0.4, 0.5) is 5.69 Å². The first-order valence-electron chi connectivity index (χ1n) is 9.79. The first-order chi connectivity index (χ1) is 13.8. The number of nitrogens with zero attached hydrogens (tertiary/aromatic N) is 2. The summed E-state index contributed by atoms with van der Waals surface area (Å²) in [4.78, 5) is 19.2. The van der Waals surface area contributed by atoms with Crippen LogP contribution in [-0.4, -0.2) is 42.1 Å². The fourth-order valence-electron chi connectivity index (χ4n) is 3.36. The Kier molecular flexibility index (Phi) is 6.31. The van der Waals surface area contributed by atoms with Crippen LogP contribution in [0.5, 0.6) is 0 Å². The molecule has 1 aliphatic heterocycles. The highest BCUT2D eigenvalue weighted by atomic mass is 32.1. The molecule has 1 fully saturated rings. The van der Waals surface area contributed by atoms with Gasteiger partial charge in [-0.15, -0.1) is 11.3 Å². The molecular formula is C22H25N3O2S. The number of carbonyl (C=O) groups is 1. The molecule has 4 rings (SSSR count). The molecule has 2 aromatic carbocycles. The molecule has 5 nitrogen and oxygen atoms in total. The second kappa shape index (κ2) is 9.28. The average molecular weight is 396 g/mol. The van der Waals surface area contributed by atoms with E-state index in [1.807, 2.05) is 30.3 Å². The van der Waals surface area contributed by atoms with E-state index in [-0.39, 0.29) is 5.91 Å². The molecule has 146 valence electrons. The minimum atomic E-state index is 0.0574. The van der Waals surface area contributed by atoms with Gasteiger partial charge in [0.2, 0.25) is 5.91 Å². The fourth-order valence-corrected chi connectivity index (χ4v) is 4.37. The molecule has 28 heavy (non-hydrogen) atoms. The summed E-state index contributed by atoms with van der Waals surface area (Å²) in [5.74, 6) is 0.0574. The summed E-state index contributed by atoms with van der Waals surface area (Å²) in [5, 5.41) is 4.09. The Morgan fingerprint density at radius 2 is 1.89 bits per heavy atom. The molecule has 6 heteroatoms. The van der Waals surface area contributed by atoms with Crippen LogP contribution >= 0.6 is 11.3 Å². The number of rotatable bonds is 7. The highest BCUT2D eigenvalue weighted by Crippen LogP contribution is 2.22. The fraction of sp³-hybridized carbons (Fsp3) is 0.364. The lowest BCUT2D eigenvalue weighted by atomic mass is 10.1. The second-order valence-electron chi connectivity index (χ2n) is 7.06. The number of aromatic nitrogens is 1. The topological polar surface area (TPSA) is 54.5 Å². The van der Waals surface area contributed by atoms with Gasteiger partial charge >= 0.3 is 0 Å². The van der Waals surface area contributed by atoms with E-state index < -0.39 is 0 Å². The summed E-state index contributed by atoms with van der Waals surface area (Å²) in [7, 11) is 0. The standard InChI is InChI=1S/C22H25N3O2S/c26-21(6-3-7-22-24-19-4-1-2-5-20(19)28-22)23-18-10-8-17(9-11-18)16-25-12-14-27-15-13-25/h1-2,4-5,8-11H,3,6-7,12-16H2,(H,23,26). The van der Waals surface area contributed by atoms with Gasteiger partial charge in [0.15, 0.2) is 0 Å². The third-order valence-corrected chi connectivity index (χ3v) is 5.98. The van der Waals surface area contributed by atoms with E-state index >= 15 is 0 Å². The van der Waals surface area contributed by atoms with E-state index in [0.717, 1.165) is 61.9 Å². The number of benzene rings is 2. The number of carbonyl (C=O) groups excluding carboxylic acids is 1. The van der Waals surface area contributed by atoms with Gasteiger partial charge in [0.05, 0.1) is 28.4 Å². The van der Waals surface area contributed by atoms with E-state index in [1.54, 1.807) is 11.3 Å². The molecule has 2 heterocycles. The van der Waals surface area contributed by atoms with Crippen LogP contribution in [-0.2, 0) is 22.5 Å². The van der Waals surface area contributed by atoms with E-state index in [0.29, 0.717) is 6.42 Å². The van der Waals surface area contributed by atoms with Gasteiger partial charge in [0.1, 0.15) is 0 Å². The number of anilines is 1. The van der Waals surface area contributed by atoms with E-state index in [4.69, 9.17) is 4.74 Å². The summed E-state index contributed by atoms with van der Waals surface area (Å²) >= 11 is 1.71. The Hall–Kier alpha value is -2.28. The zero-order chi connectivity index (χ0) is 19.2. The Balaban J connectivity index is 1.22. The van der Waals surface area contributed by atoms with Crippen molar-refractivity contribution in [3.05, 3.63) is 59.1 Å². The Labute approximate surface area is 169 Å². The van der Waals surface area contributed by atoms with Gasteiger partial charge in [-0.3, -0.25) is 9.69 Å². The van der Waals surface area contributed by atoms with E-state index in [9.17, 15) is 4.79 Å². The maximum atomic E-state index is 12.2. The Bertz CT molecular complexity index is 884. The van der Waals surface area contributed by atoms with E-state index in [2.05, 4.69) is 33.4 Å². The molecule has 1 aliphatic rings. The first kappa shape index (κ1) is 19.1. The molecule has 0 radical (unpaired) electrons. The molecule has 1 saturated heterocycles. The average Bonchev–Trinajstić information content (AvgIpc) is 3.13. The second-order valence-corrected chi connectivity index (χ2v) is 8.18. The van der Waals surface area contributed by atoms with Gasteiger partial charge in [0.25, 0.3) is 0 Å². The maximum absolute atomic E-state index is 12.2. The number of para-hydroxylation sites is 1. The van der Waals surface area contributed by atoms with Crippen molar-refractivity contribution >= 4 is 33.1 Å². The molecule has 0 bridgehead atoms. The van der Waals surface area contributed by atoms with Crippen molar-refractivity contribution in [2.75, 3.05) is 31.6 Å². The quantitative estimate of drug-likeness (QED) is 0.655. The monoisotopic (exact) mass is 395 g/mol. The molecule has 0 aliphatic carbocycles. The van der Waals surface area contributed by atoms with Gasteiger partial charge in [-0.2, -0.15) is 0 Å². The predicted octanol–water partition coefficient (Wildman–Crippen LogP) is 4.09. The van der Waals surface area contributed by atoms with Crippen molar-refractivity contribution in [3.63, 3.8) is 0 Å². The zero-order valence-electron chi connectivity index (χ0n) is 15.9. The Morgan fingerprint density at radius 3 is 2.68 bits per heavy atom. The number of nitrogens with one attached hydrogen (secondary N) is 1. The van der Waals surface area contributed by atoms with Crippen molar-refractivity contribution < 1.29 is 9.53 Å². The molecule has 1 N–H and O–H groups in total. The smallest absolute Gasteiger partial charge is 0.224 e. The molecule has 1 aromatic heterocycles. The number of morpholine rings is 1. The van der Waals surface area contributed by atoms with Gasteiger partial charge in [0, 0.05) is 31.7 Å². The van der Waals surface area contributed by atoms with Gasteiger partial charge in [-0.1, -0.05) is 24.3 Å². The number of fused-ring (bicyclic) bond motifs is 1. The SMILES string of the molecule is O=C(CCCc1nc2ccccc2s1)Nc1ccc(CN2CCOCC2)cc1. The van der Waals surface area contributed by atoms with E-state index in [1.165, 1.54) is 10.3 Å². The third kappa shape index (κ3) is 5.16. The predicted molar refractivity (Wildman–Crippen MR) is 114 cm³/mol. The maximum Gasteiger partial charge on any atom is 0.224 e. The van der Waals surface area contributed by atoms with Crippen LogP contribution in [0.15, 0.2) is 48.5 Å². The molecular weight excluding hydrogens is 370 g/mol. The minimum absolute atomic E-state index is 0.0574. The molecule has 3 aromatic rings. The molecule has 1 amide bonds. The van der Waals surface area contributed by atoms with Crippen molar-refractivity contribution in [3.8, 4) is 0 Å². The van der Waals surface area contributed by atoms with Crippen LogP contribution in [0.3, 0.4) is 0 Å². The number of hydrogen-bond donors (Lipinski definition) is 1. The number of amides is 1. The molecule has 0 atom stereocenters. The van der Waals surface area contributed by atoms with Gasteiger partial charge in [-0.25, -0.2) is 4.98 Å². The summed E-state index contributed by atoms with van der Waals surface area (Å²) in [6, 6.07) is 16.3. The third-order valence-electron chi connectivity index (χ3n) is 4.88. The lowest BCUT2D eigenvalue weighted by Crippen LogP contribution is -2.35. The van der Waals surface area contributed by atoms with Crippen LogP contribution in [0.25, 0.3) is 10.2 Å². The number of hydrogen-bond acceptors (Lipinski definition) is 5. The van der Waals surface area contributed by atoms with Crippen LogP contribution in [0.2, 0.25) is 0 Å². The minimum Gasteiger partial charge on any atom is -0.379 e. The summed E-state index contributed by atoms with van der Waals surface area (Å²) in [6.45, 7) is 4.51. The van der Waals surface area contributed by atoms with Gasteiger partial charge in [-0.05, 0) is 42.7 Å². The van der Waals surface area contributed by atoms with Crippen molar-refractivity contribution in [1.82, 2.24) is 9.88 Å². The highest BCUT2D eigenvalue weighted by Gasteiger charge is 2.11. The Morgan fingerprint density at radius 1 is 1.11 bits per heavy atom. The van der Waals surface area contributed by atoms with Crippen LogP contribution < -0.4 is 5.32 Å². The highest BCUT2D eigenvalue weighted by molar-refractivity contribution is 7.18. The molecule has 0 saturated carbocycles. The number of ether oxygens (including phenoxy) is 1. The van der Waals surface area contributed by atoms with Crippen molar-refractivity contribution in [1.29, 1.82) is 0 Å². The van der Waals surface area contributed by atoms with Crippen molar-refractivity contribution in [2.24, 2.45) is 0 Å². The largest absolute Gasteiger partial charge is 0.379 e. The van der Waals surface area contributed by atoms with Crippen LogP contribution in [0.1, 0.15) is 23.4 Å². The number of aryl methyl sites for hydroxylation is 1. The normalized spacial score (nSPS) is 15.0. The summed E-state index contributed by atoms with van der Waals surface area (Å²) in [5.41, 5.74) is 3.16. The molecule has 0 spiro atoms. The van der Waals surface area contributed by atoms with Crippen LogP contribution in [0, 0.1) is 0 Å². The lowest BCUT2D eigenvalue weighted by Gasteiger charge is -2.26.